The number of ether oxygens (including phenoxy) is 1. The number of benzene rings is 1. The number of esters is 1. The Hall–Kier alpha value is -2.96. The fraction of sp³-hybridized carbons (Fsp3) is 0.200. The Morgan fingerprint density at radius 1 is 1.41 bits per heavy atom. The van der Waals surface area contributed by atoms with Crippen LogP contribution in [0.15, 0.2) is 36.0 Å². The van der Waals surface area contributed by atoms with Crippen LogP contribution in [0.1, 0.15) is 12.2 Å². The van der Waals surface area contributed by atoms with E-state index < -0.39 is 4.92 Å². The molecule has 0 atom stereocenters. The Bertz CT molecular complexity index is 792. The fourth-order valence-electron chi connectivity index (χ4n) is 2.41. The van der Waals surface area contributed by atoms with Crippen molar-refractivity contribution in [1.29, 1.82) is 0 Å². The number of hydrogen-bond acceptors (Lipinski definition) is 5. The number of carbonyl (C=O) groups excluding carboxylic acids is 1. The Balaban J connectivity index is 1.98. The fourth-order valence-corrected chi connectivity index (χ4v) is 2.41. The highest BCUT2D eigenvalue weighted by Crippen LogP contribution is 2.26. The molecule has 2 heterocycles. The van der Waals surface area contributed by atoms with Gasteiger partial charge in [-0.3, -0.25) is 10.1 Å². The maximum atomic E-state index is 11.6. The minimum atomic E-state index is -0.436. The van der Waals surface area contributed by atoms with Gasteiger partial charge in [-0.2, -0.15) is 0 Å². The second kappa shape index (κ2) is 5.44. The molecule has 0 radical (unpaired) electrons. The molecule has 0 unspecified atom stereocenters. The van der Waals surface area contributed by atoms with Gasteiger partial charge in [0, 0.05) is 36.5 Å². The molecule has 1 aliphatic heterocycles. The Morgan fingerprint density at radius 3 is 2.95 bits per heavy atom. The molecule has 0 amide bonds. The minimum absolute atomic E-state index is 0.0225. The van der Waals surface area contributed by atoms with Crippen LogP contribution in [0, 0.1) is 10.1 Å². The molecule has 0 fully saturated rings. The summed E-state index contributed by atoms with van der Waals surface area (Å²) in [6.45, 7) is 0. The molecule has 1 aromatic carbocycles. The van der Waals surface area contributed by atoms with E-state index in [0.717, 1.165) is 5.82 Å². The zero-order chi connectivity index (χ0) is 15.7. The summed E-state index contributed by atoms with van der Waals surface area (Å²) in [6.07, 6.45) is 4.64. The lowest BCUT2D eigenvalue weighted by atomic mass is 10.1. The summed E-state index contributed by atoms with van der Waals surface area (Å²) < 4.78 is 6.49. The first kappa shape index (κ1) is 14.0. The average molecular weight is 299 g/mol. The van der Waals surface area contributed by atoms with Crippen LogP contribution in [-0.2, 0) is 16.0 Å². The van der Waals surface area contributed by atoms with Gasteiger partial charge >= 0.3 is 5.97 Å². The predicted octanol–water partition coefficient (Wildman–Crippen LogP) is 2.42. The Kier molecular flexibility index (Phi) is 3.46. The predicted molar refractivity (Wildman–Crippen MR) is 78.9 cm³/mol. The van der Waals surface area contributed by atoms with E-state index in [-0.39, 0.29) is 11.7 Å². The van der Waals surface area contributed by atoms with E-state index in [9.17, 15) is 14.9 Å². The van der Waals surface area contributed by atoms with Gasteiger partial charge in [0.25, 0.3) is 5.69 Å². The first-order valence-corrected chi connectivity index (χ1v) is 6.70. The molecule has 0 spiro atoms. The van der Waals surface area contributed by atoms with Crippen molar-refractivity contribution in [2.45, 2.75) is 12.8 Å². The molecule has 7 heteroatoms. The topological polar surface area (TPSA) is 87.3 Å². The molecular weight excluding hydrogens is 286 g/mol. The number of nitrogens with zero attached hydrogens (tertiary/aromatic N) is 3. The highest BCUT2D eigenvalue weighted by molar-refractivity contribution is 5.92. The van der Waals surface area contributed by atoms with Gasteiger partial charge in [-0.05, 0) is 6.42 Å². The third-order valence-electron chi connectivity index (χ3n) is 3.52. The maximum Gasteiger partial charge on any atom is 0.335 e. The van der Waals surface area contributed by atoms with Crippen LogP contribution in [0.2, 0.25) is 0 Å². The Labute approximate surface area is 126 Å². The molecule has 1 aliphatic rings. The van der Waals surface area contributed by atoms with Crippen LogP contribution in [0.25, 0.3) is 17.5 Å². The number of rotatable bonds is 3. The monoisotopic (exact) mass is 299 g/mol. The van der Waals surface area contributed by atoms with Crippen LogP contribution in [-0.4, -0.2) is 27.6 Å². The van der Waals surface area contributed by atoms with E-state index in [4.69, 9.17) is 4.74 Å². The summed E-state index contributed by atoms with van der Waals surface area (Å²) in [5, 5.41) is 10.8. The van der Waals surface area contributed by atoms with Gasteiger partial charge in [0.2, 0.25) is 0 Å². The van der Waals surface area contributed by atoms with Crippen LogP contribution >= 0.6 is 0 Å². The summed E-state index contributed by atoms with van der Waals surface area (Å²) in [7, 11) is 1.35. The summed E-state index contributed by atoms with van der Waals surface area (Å²) in [5.74, 6) is 0.463. The van der Waals surface area contributed by atoms with E-state index in [1.165, 1.54) is 19.2 Å². The van der Waals surface area contributed by atoms with Gasteiger partial charge in [-0.1, -0.05) is 12.1 Å². The molecule has 0 saturated heterocycles. The molecule has 22 heavy (non-hydrogen) atoms. The lowest BCUT2D eigenvalue weighted by Crippen LogP contribution is -2.12. The average Bonchev–Trinajstić information content (AvgIpc) is 2.97. The molecule has 0 bridgehead atoms. The highest BCUT2D eigenvalue weighted by Gasteiger charge is 2.19. The number of methoxy groups -OCH3 is 1. The number of aryl methyl sites for hydroxylation is 1. The highest BCUT2D eigenvalue weighted by atomic mass is 16.6. The van der Waals surface area contributed by atoms with Crippen molar-refractivity contribution in [2.24, 2.45) is 0 Å². The molecule has 0 saturated carbocycles. The number of nitro groups is 1. The van der Waals surface area contributed by atoms with Gasteiger partial charge in [-0.15, -0.1) is 0 Å². The zero-order valence-electron chi connectivity index (χ0n) is 11.9. The van der Waals surface area contributed by atoms with E-state index in [1.54, 1.807) is 29.1 Å². The largest absolute Gasteiger partial charge is 0.466 e. The van der Waals surface area contributed by atoms with Gasteiger partial charge < -0.3 is 9.30 Å². The van der Waals surface area contributed by atoms with Crippen LogP contribution in [0.4, 0.5) is 5.69 Å². The summed E-state index contributed by atoms with van der Waals surface area (Å²) in [5.41, 5.74) is 1.91. The number of aromatic nitrogens is 2. The second-order valence-electron chi connectivity index (χ2n) is 4.90. The first-order chi connectivity index (χ1) is 10.6. The van der Waals surface area contributed by atoms with Crippen molar-refractivity contribution >= 4 is 17.9 Å². The molecule has 0 N–H and O–H groups in total. The van der Waals surface area contributed by atoms with Gasteiger partial charge in [0.15, 0.2) is 0 Å². The normalized spacial score (nSPS) is 13.2. The first-order valence-electron chi connectivity index (χ1n) is 6.70. The molecule has 1 aromatic heterocycles. The minimum Gasteiger partial charge on any atom is -0.466 e. The van der Waals surface area contributed by atoms with Crippen LogP contribution in [0.5, 0.6) is 0 Å². The van der Waals surface area contributed by atoms with Crippen molar-refractivity contribution in [3.05, 3.63) is 52.0 Å². The summed E-state index contributed by atoms with van der Waals surface area (Å²) in [4.78, 5) is 26.5. The third-order valence-corrected chi connectivity index (χ3v) is 3.52. The Morgan fingerprint density at radius 2 is 2.23 bits per heavy atom. The second-order valence-corrected chi connectivity index (χ2v) is 4.90. The number of carbonyl (C=O) groups is 1. The van der Waals surface area contributed by atoms with Gasteiger partial charge in [0.05, 0.1) is 23.3 Å². The molecule has 2 aromatic rings. The van der Waals surface area contributed by atoms with E-state index in [2.05, 4.69) is 4.98 Å². The molecule has 0 aliphatic carbocycles. The van der Waals surface area contributed by atoms with E-state index >= 15 is 0 Å². The number of nitro benzene ring substituents is 1. The van der Waals surface area contributed by atoms with E-state index in [0.29, 0.717) is 29.7 Å². The number of non-ortho nitro benzene ring substituents is 1. The van der Waals surface area contributed by atoms with Crippen LogP contribution in [0.3, 0.4) is 0 Å². The SMILES string of the molecule is COC(=O)C1=Cn2cc(-c3cccc([N+](=O)[O-])c3)nc2CC1. The molecule has 7 nitrogen and oxygen atoms in total. The van der Waals surface area contributed by atoms with Crippen molar-refractivity contribution in [3.63, 3.8) is 0 Å². The number of fused-ring (bicyclic) bond motifs is 1. The zero-order valence-corrected chi connectivity index (χ0v) is 11.9. The molecule has 112 valence electrons. The third kappa shape index (κ3) is 2.48. The smallest absolute Gasteiger partial charge is 0.335 e. The van der Waals surface area contributed by atoms with Crippen molar-refractivity contribution in [3.8, 4) is 11.3 Å². The lowest BCUT2D eigenvalue weighted by molar-refractivity contribution is -0.384. The van der Waals surface area contributed by atoms with Crippen molar-refractivity contribution < 1.29 is 14.5 Å². The van der Waals surface area contributed by atoms with Crippen LogP contribution < -0.4 is 0 Å². The molecular formula is C15H13N3O4. The van der Waals surface area contributed by atoms with Crippen molar-refractivity contribution in [1.82, 2.24) is 9.55 Å². The molecule has 3 rings (SSSR count). The summed E-state index contributed by atoms with van der Waals surface area (Å²) in [6, 6.07) is 6.32. The number of hydrogen-bond donors (Lipinski definition) is 0. The van der Waals surface area contributed by atoms with Crippen molar-refractivity contribution in [2.75, 3.05) is 7.11 Å². The van der Waals surface area contributed by atoms with E-state index in [1.807, 2.05) is 0 Å². The quantitative estimate of drug-likeness (QED) is 0.493. The maximum absolute atomic E-state index is 11.6. The van der Waals surface area contributed by atoms with Gasteiger partial charge in [0.1, 0.15) is 5.82 Å². The standard InChI is InChI=1S/C15H13N3O4/c1-22-15(19)11-5-6-14-16-13(9-17(14)8-11)10-3-2-4-12(7-10)18(20)21/h2-4,7-9H,5-6H2,1H3. The van der Waals surface area contributed by atoms with Gasteiger partial charge in [-0.25, -0.2) is 9.78 Å². The summed E-state index contributed by atoms with van der Waals surface area (Å²) >= 11 is 0. The number of imidazole rings is 1. The lowest BCUT2D eigenvalue weighted by Gasteiger charge is -2.12.